The van der Waals surface area contributed by atoms with Crippen molar-refractivity contribution in [1.29, 1.82) is 0 Å². The molecule has 0 radical (unpaired) electrons. The van der Waals surface area contributed by atoms with Crippen LogP contribution in [0.25, 0.3) is 0 Å². The van der Waals surface area contributed by atoms with Crippen LogP contribution in [-0.2, 0) is 9.59 Å². The average Bonchev–Trinajstić information content (AvgIpc) is 3.35. The van der Waals surface area contributed by atoms with Crippen molar-refractivity contribution in [2.75, 3.05) is 31.5 Å². The SMILES string of the molecule is O=C(CCC1CCN(C(=O)CCN2C[C@@H]3CC[C@@H]2C3)CC1)Nc1ccccc1. The molecule has 28 heavy (non-hydrogen) atoms. The summed E-state index contributed by atoms with van der Waals surface area (Å²) in [7, 11) is 0. The molecule has 5 nitrogen and oxygen atoms in total. The summed E-state index contributed by atoms with van der Waals surface area (Å²) in [6.07, 6.45) is 8.29. The molecule has 0 aromatic heterocycles. The number of fused-ring (bicyclic) bond motifs is 2. The molecule has 2 saturated heterocycles. The molecule has 1 N–H and O–H groups in total. The lowest BCUT2D eigenvalue weighted by Crippen LogP contribution is -2.41. The minimum absolute atomic E-state index is 0.0876. The summed E-state index contributed by atoms with van der Waals surface area (Å²) < 4.78 is 0. The minimum Gasteiger partial charge on any atom is -0.343 e. The fraction of sp³-hybridized carbons (Fsp3) is 0.652. The Balaban J connectivity index is 1.11. The molecule has 0 unspecified atom stereocenters. The predicted molar refractivity (Wildman–Crippen MR) is 111 cm³/mol. The Bertz CT molecular complexity index is 670. The van der Waals surface area contributed by atoms with Crippen LogP contribution < -0.4 is 5.32 Å². The number of nitrogens with zero attached hydrogens (tertiary/aromatic N) is 2. The van der Waals surface area contributed by atoms with E-state index >= 15 is 0 Å². The third-order valence-corrected chi connectivity index (χ3v) is 6.94. The molecule has 1 aliphatic carbocycles. The zero-order valence-electron chi connectivity index (χ0n) is 16.8. The number of likely N-dealkylation sites (tertiary alicyclic amines) is 2. The molecule has 2 heterocycles. The molecule has 2 aliphatic heterocycles. The third kappa shape index (κ3) is 4.93. The van der Waals surface area contributed by atoms with Gasteiger partial charge in [-0.2, -0.15) is 0 Å². The number of benzene rings is 1. The van der Waals surface area contributed by atoms with E-state index in [4.69, 9.17) is 0 Å². The monoisotopic (exact) mass is 383 g/mol. The van der Waals surface area contributed by atoms with Gasteiger partial charge in [0.2, 0.25) is 11.8 Å². The van der Waals surface area contributed by atoms with Gasteiger partial charge >= 0.3 is 0 Å². The van der Waals surface area contributed by atoms with E-state index < -0.39 is 0 Å². The van der Waals surface area contributed by atoms with Crippen molar-refractivity contribution >= 4 is 17.5 Å². The fourth-order valence-electron chi connectivity index (χ4n) is 5.25. The topological polar surface area (TPSA) is 52.7 Å². The second kappa shape index (κ2) is 9.08. The molecule has 1 aromatic carbocycles. The zero-order chi connectivity index (χ0) is 19.3. The third-order valence-electron chi connectivity index (χ3n) is 6.94. The van der Waals surface area contributed by atoms with Gasteiger partial charge in [-0.05, 0) is 62.5 Å². The van der Waals surface area contributed by atoms with Gasteiger partial charge in [0.1, 0.15) is 0 Å². The summed E-state index contributed by atoms with van der Waals surface area (Å²) in [4.78, 5) is 29.3. The van der Waals surface area contributed by atoms with E-state index in [9.17, 15) is 9.59 Å². The number of nitrogens with one attached hydrogen (secondary N) is 1. The van der Waals surface area contributed by atoms with Gasteiger partial charge in [-0.3, -0.25) is 14.5 Å². The van der Waals surface area contributed by atoms with Crippen LogP contribution in [0.15, 0.2) is 30.3 Å². The molecule has 3 fully saturated rings. The van der Waals surface area contributed by atoms with E-state index in [1.807, 2.05) is 30.3 Å². The zero-order valence-corrected chi connectivity index (χ0v) is 16.8. The highest BCUT2D eigenvalue weighted by atomic mass is 16.2. The summed E-state index contributed by atoms with van der Waals surface area (Å²) in [5.41, 5.74) is 0.860. The molecule has 4 rings (SSSR count). The molecular weight excluding hydrogens is 350 g/mol. The van der Waals surface area contributed by atoms with Crippen molar-refractivity contribution in [2.45, 2.75) is 57.4 Å². The predicted octanol–water partition coefficient (Wildman–Crippen LogP) is 3.52. The molecule has 1 saturated carbocycles. The smallest absolute Gasteiger partial charge is 0.224 e. The summed E-state index contributed by atoms with van der Waals surface area (Å²) in [5, 5.41) is 2.96. The number of carbonyl (C=O) groups is 2. The lowest BCUT2D eigenvalue weighted by atomic mass is 9.92. The largest absolute Gasteiger partial charge is 0.343 e. The minimum atomic E-state index is 0.0876. The number of carbonyl (C=O) groups excluding carboxylic acids is 2. The van der Waals surface area contributed by atoms with Gasteiger partial charge in [0.05, 0.1) is 0 Å². The number of piperidine rings is 2. The summed E-state index contributed by atoms with van der Waals surface area (Å²) in [5.74, 6) is 1.86. The highest BCUT2D eigenvalue weighted by Crippen LogP contribution is 2.37. The Morgan fingerprint density at radius 1 is 1.00 bits per heavy atom. The first-order chi connectivity index (χ1) is 13.7. The van der Waals surface area contributed by atoms with E-state index in [0.29, 0.717) is 24.7 Å². The van der Waals surface area contributed by atoms with Gasteiger partial charge < -0.3 is 10.2 Å². The van der Waals surface area contributed by atoms with Gasteiger partial charge in [-0.25, -0.2) is 0 Å². The summed E-state index contributed by atoms with van der Waals surface area (Å²) >= 11 is 0. The van der Waals surface area contributed by atoms with Crippen LogP contribution in [0.5, 0.6) is 0 Å². The molecule has 0 spiro atoms. The standard InChI is InChI=1S/C23H33N3O2/c27-22(24-20-4-2-1-3-5-20)9-7-18-10-13-25(14-11-18)23(28)12-15-26-17-19-6-8-21(26)16-19/h1-5,18-19,21H,6-17H2,(H,24,27)/t19-,21-/m1/s1. The molecular formula is C23H33N3O2. The molecule has 1 aromatic rings. The van der Waals surface area contributed by atoms with Crippen molar-refractivity contribution in [1.82, 2.24) is 9.80 Å². The Labute approximate surface area is 168 Å². The van der Waals surface area contributed by atoms with E-state index in [1.54, 1.807) is 0 Å². The summed E-state index contributed by atoms with van der Waals surface area (Å²) in [6.45, 7) is 3.87. The number of hydrogen-bond acceptors (Lipinski definition) is 3. The maximum Gasteiger partial charge on any atom is 0.224 e. The van der Waals surface area contributed by atoms with Crippen LogP contribution in [0.3, 0.4) is 0 Å². The fourth-order valence-corrected chi connectivity index (χ4v) is 5.25. The van der Waals surface area contributed by atoms with Crippen LogP contribution in [-0.4, -0.2) is 53.8 Å². The van der Waals surface area contributed by atoms with Crippen LogP contribution in [0, 0.1) is 11.8 Å². The van der Waals surface area contributed by atoms with Crippen LogP contribution >= 0.6 is 0 Å². The number of hydrogen-bond donors (Lipinski definition) is 1. The molecule has 5 heteroatoms. The average molecular weight is 384 g/mol. The lowest BCUT2D eigenvalue weighted by Gasteiger charge is -2.33. The van der Waals surface area contributed by atoms with Crippen LogP contribution in [0.2, 0.25) is 0 Å². The molecule has 152 valence electrons. The Kier molecular flexibility index (Phi) is 6.30. The normalized spacial score (nSPS) is 25.2. The first-order valence-electron chi connectivity index (χ1n) is 11.0. The van der Waals surface area contributed by atoms with E-state index in [0.717, 1.165) is 56.5 Å². The first kappa shape index (κ1) is 19.4. The number of amides is 2. The van der Waals surface area contributed by atoms with Gasteiger partial charge in [0, 0.05) is 50.7 Å². The van der Waals surface area contributed by atoms with Crippen molar-refractivity contribution in [3.63, 3.8) is 0 Å². The number of rotatable bonds is 7. The summed E-state index contributed by atoms with van der Waals surface area (Å²) in [6, 6.07) is 10.4. The number of para-hydroxylation sites is 1. The molecule has 2 bridgehead atoms. The highest BCUT2D eigenvalue weighted by Gasteiger charge is 2.37. The van der Waals surface area contributed by atoms with Crippen molar-refractivity contribution in [3.8, 4) is 0 Å². The Morgan fingerprint density at radius 2 is 1.79 bits per heavy atom. The first-order valence-corrected chi connectivity index (χ1v) is 11.0. The molecule has 2 atom stereocenters. The van der Waals surface area contributed by atoms with E-state index in [-0.39, 0.29) is 5.91 Å². The lowest BCUT2D eigenvalue weighted by molar-refractivity contribution is -0.133. The van der Waals surface area contributed by atoms with Gasteiger partial charge in [0.15, 0.2) is 0 Å². The molecule has 2 amide bonds. The second-order valence-corrected chi connectivity index (χ2v) is 8.85. The van der Waals surface area contributed by atoms with Crippen LogP contribution in [0.4, 0.5) is 5.69 Å². The van der Waals surface area contributed by atoms with E-state index in [1.165, 1.54) is 25.8 Å². The van der Waals surface area contributed by atoms with Gasteiger partial charge in [-0.1, -0.05) is 18.2 Å². The van der Waals surface area contributed by atoms with Crippen molar-refractivity contribution in [2.24, 2.45) is 11.8 Å². The maximum atomic E-state index is 12.6. The van der Waals surface area contributed by atoms with E-state index in [2.05, 4.69) is 15.1 Å². The number of anilines is 1. The van der Waals surface area contributed by atoms with Crippen LogP contribution in [0.1, 0.15) is 51.4 Å². The van der Waals surface area contributed by atoms with Gasteiger partial charge in [0.25, 0.3) is 0 Å². The maximum absolute atomic E-state index is 12.6. The Morgan fingerprint density at radius 3 is 2.46 bits per heavy atom. The van der Waals surface area contributed by atoms with Gasteiger partial charge in [-0.15, -0.1) is 0 Å². The van der Waals surface area contributed by atoms with Crippen molar-refractivity contribution in [3.05, 3.63) is 30.3 Å². The molecule has 3 aliphatic rings. The second-order valence-electron chi connectivity index (χ2n) is 8.85. The van der Waals surface area contributed by atoms with Crippen molar-refractivity contribution < 1.29 is 9.59 Å². The highest BCUT2D eigenvalue weighted by molar-refractivity contribution is 5.90. The Hall–Kier alpha value is -1.88. The quantitative estimate of drug-likeness (QED) is 0.784.